The Labute approximate surface area is 117 Å². The van der Waals surface area contributed by atoms with E-state index < -0.39 is 15.6 Å². The first-order chi connectivity index (χ1) is 8.91. The van der Waals surface area contributed by atoms with Crippen LogP contribution in [0.3, 0.4) is 0 Å². The van der Waals surface area contributed by atoms with Crippen molar-refractivity contribution in [2.75, 3.05) is 19.8 Å². The number of ether oxygens (including phenoxy) is 3. The Kier molecular flexibility index (Phi) is 6.99. The highest BCUT2D eigenvalue weighted by atomic mass is 28.2. The van der Waals surface area contributed by atoms with Crippen molar-refractivity contribution in [2.24, 2.45) is 0 Å². The van der Waals surface area contributed by atoms with Gasteiger partial charge in [0.05, 0.1) is 13.2 Å². The van der Waals surface area contributed by atoms with Gasteiger partial charge in [-0.25, -0.2) is 0 Å². The van der Waals surface area contributed by atoms with Crippen molar-refractivity contribution in [3.05, 3.63) is 0 Å². The second-order valence-corrected chi connectivity index (χ2v) is 7.82. The van der Waals surface area contributed by atoms with Crippen molar-refractivity contribution in [1.29, 1.82) is 0 Å². The molecule has 0 aromatic carbocycles. The fraction of sp³-hybridized carbons (Fsp3) is 0.923. The minimum atomic E-state index is -0.790. The molecule has 0 N–H and O–H groups in total. The number of esters is 1. The standard InChI is InChI=1S/C13H26O5Si/c1-10(2)19-18-13(4,17-11(3)14)6-5-7-15-8-12-9-16-12/h10,12H,5-9,19H2,1-4H3. The highest BCUT2D eigenvalue weighted by Gasteiger charge is 2.28. The molecule has 0 amide bonds. The number of carbonyl (C=O) groups is 1. The van der Waals surface area contributed by atoms with Crippen LogP contribution in [-0.4, -0.2) is 47.4 Å². The molecule has 1 aliphatic rings. The Morgan fingerprint density at radius 1 is 1.53 bits per heavy atom. The van der Waals surface area contributed by atoms with E-state index in [4.69, 9.17) is 18.6 Å². The molecule has 1 rings (SSSR count). The minimum Gasteiger partial charge on any atom is -0.435 e. The smallest absolute Gasteiger partial charge is 0.305 e. The van der Waals surface area contributed by atoms with Gasteiger partial charge in [0, 0.05) is 26.9 Å². The summed E-state index contributed by atoms with van der Waals surface area (Å²) in [5.41, 5.74) is 0.540. The van der Waals surface area contributed by atoms with Gasteiger partial charge in [-0.1, -0.05) is 13.8 Å². The largest absolute Gasteiger partial charge is 0.435 e. The highest BCUT2D eigenvalue weighted by molar-refractivity contribution is 6.29. The maximum absolute atomic E-state index is 11.2. The van der Waals surface area contributed by atoms with Crippen LogP contribution in [0.25, 0.3) is 0 Å². The summed E-state index contributed by atoms with van der Waals surface area (Å²) in [6.45, 7) is 9.62. The maximum atomic E-state index is 11.2. The molecular weight excluding hydrogens is 264 g/mol. The van der Waals surface area contributed by atoms with Crippen molar-refractivity contribution in [3.8, 4) is 0 Å². The first-order valence-corrected chi connectivity index (χ1v) is 8.33. The van der Waals surface area contributed by atoms with Crippen LogP contribution < -0.4 is 0 Å². The van der Waals surface area contributed by atoms with Gasteiger partial charge >= 0.3 is 5.97 Å². The van der Waals surface area contributed by atoms with E-state index >= 15 is 0 Å². The summed E-state index contributed by atoms with van der Waals surface area (Å²) in [6.07, 6.45) is 1.77. The molecule has 1 fully saturated rings. The first kappa shape index (κ1) is 16.6. The molecule has 0 spiro atoms. The molecule has 0 saturated carbocycles. The summed E-state index contributed by atoms with van der Waals surface area (Å²) in [5, 5.41) is 0. The van der Waals surface area contributed by atoms with Crippen LogP contribution in [0.2, 0.25) is 5.54 Å². The van der Waals surface area contributed by atoms with Crippen molar-refractivity contribution in [3.63, 3.8) is 0 Å². The third-order valence-electron chi connectivity index (χ3n) is 2.71. The topological polar surface area (TPSA) is 57.3 Å². The summed E-state index contributed by atoms with van der Waals surface area (Å²) < 4.78 is 21.7. The molecule has 2 unspecified atom stereocenters. The molecule has 5 nitrogen and oxygen atoms in total. The maximum Gasteiger partial charge on any atom is 0.305 e. The molecule has 19 heavy (non-hydrogen) atoms. The number of carbonyl (C=O) groups excluding carboxylic acids is 1. The van der Waals surface area contributed by atoms with Crippen molar-refractivity contribution in [2.45, 2.75) is 58.0 Å². The number of epoxide rings is 1. The molecule has 2 atom stereocenters. The lowest BCUT2D eigenvalue weighted by Crippen LogP contribution is -2.36. The van der Waals surface area contributed by atoms with Gasteiger partial charge in [0.15, 0.2) is 9.76 Å². The molecule has 6 heteroatoms. The van der Waals surface area contributed by atoms with Crippen LogP contribution >= 0.6 is 0 Å². The SMILES string of the molecule is CC(=O)OC(C)(CCCOCC1CO1)O[SiH2]C(C)C. The molecule has 0 bridgehead atoms. The molecule has 112 valence electrons. The first-order valence-electron chi connectivity index (χ1n) is 6.94. The predicted molar refractivity (Wildman–Crippen MR) is 74.7 cm³/mol. The molecule has 0 aromatic heterocycles. The number of hydrogen-bond donors (Lipinski definition) is 0. The Hall–Kier alpha value is -0.433. The third kappa shape index (κ3) is 8.36. The number of hydrogen-bond acceptors (Lipinski definition) is 5. The normalized spacial score (nSPS) is 21.8. The van der Waals surface area contributed by atoms with E-state index in [0.717, 1.165) is 13.0 Å². The fourth-order valence-electron chi connectivity index (χ4n) is 1.67. The molecule has 0 aliphatic carbocycles. The van der Waals surface area contributed by atoms with E-state index in [-0.39, 0.29) is 5.97 Å². The van der Waals surface area contributed by atoms with E-state index in [9.17, 15) is 4.79 Å². The third-order valence-corrected chi connectivity index (χ3v) is 4.15. The Morgan fingerprint density at radius 3 is 2.74 bits per heavy atom. The zero-order valence-electron chi connectivity index (χ0n) is 12.4. The average molecular weight is 290 g/mol. The Bertz CT molecular complexity index is 280. The van der Waals surface area contributed by atoms with E-state index in [1.165, 1.54) is 6.92 Å². The van der Waals surface area contributed by atoms with Crippen LogP contribution in [-0.2, 0) is 23.4 Å². The quantitative estimate of drug-likeness (QED) is 0.200. The molecule has 0 radical (unpaired) electrons. The van der Waals surface area contributed by atoms with E-state index in [1.807, 2.05) is 6.92 Å². The lowest BCUT2D eigenvalue weighted by molar-refractivity contribution is -0.193. The van der Waals surface area contributed by atoms with Crippen LogP contribution in [0.4, 0.5) is 0 Å². The molecule has 1 heterocycles. The fourth-order valence-corrected chi connectivity index (χ4v) is 2.56. The van der Waals surface area contributed by atoms with Gasteiger partial charge in [-0.3, -0.25) is 4.79 Å². The lowest BCUT2D eigenvalue weighted by Gasteiger charge is -2.30. The second-order valence-electron chi connectivity index (χ2n) is 5.57. The van der Waals surface area contributed by atoms with Crippen LogP contribution in [0, 0.1) is 0 Å². The van der Waals surface area contributed by atoms with Gasteiger partial charge in [0.2, 0.25) is 5.79 Å². The van der Waals surface area contributed by atoms with Gasteiger partial charge in [-0.2, -0.15) is 0 Å². The van der Waals surface area contributed by atoms with Crippen molar-refractivity contribution in [1.82, 2.24) is 0 Å². The molecule has 0 aromatic rings. The zero-order chi connectivity index (χ0) is 14.3. The number of rotatable bonds is 10. The lowest BCUT2D eigenvalue weighted by atomic mass is 10.2. The van der Waals surface area contributed by atoms with Gasteiger partial charge in [0.25, 0.3) is 0 Å². The minimum absolute atomic E-state index is 0.296. The summed E-state index contributed by atoms with van der Waals surface area (Å²) in [7, 11) is -0.681. The molecule has 1 aliphatic heterocycles. The van der Waals surface area contributed by atoms with Crippen LogP contribution in [0.1, 0.15) is 40.5 Å². The summed E-state index contributed by atoms with van der Waals surface area (Å²) in [6, 6.07) is 0. The summed E-state index contributed by atoms with van der Waals surface area (Å²) >= 11 is 0. The molecular formula is C13H26O5Si. The summed E-state index contributed by atoms with van der Waals surface area (Å²) in [4.78, 5) is 11.2. The van der Waals surface area contributed by atoms with Gasteiger partial charge in [-0.05, 0) is 12.0 Å². The average Bonchev–Trinajstić information content (AvgIpc) is 3.09. The van der Waals surface area contributed by atoms with E-state index in [2.05, 4.69) is 13.8 Å². The van der Waals surface area contributed by atoms with Gasteiger partial charge in [0.1, 0.15) is 6.10 Å². The van der Waals surface area contributed by atoms with Gasteiger partial charge < -0.3 is 18.6 Å². The Morgan fingerprint density at radius 2 is 2.21 bits per heavy atom. The second kappa shape index (κ2) is 7.99. The van der Waals surface area contributed by atoms with Crippen molar-refractivity contribution >= 4 is 15.7 Å². The van der Waals surface area contributed by atoms with E-state index in [1.54, 1.807) is 0 Å². The van der Waals surface area contributed by atoms with Crippen LogP contribution in [0.15, 0.2) is 0 Å². The highest BCUT2D eigenvalue weighted by Crippen LogP contribution is 2.21. The van der Waals surface area contributed by atoms with Crippen LogP contribution in [0.5, 0.6) is 0 Å². The monoisotopic (exact) mass is 290 g/mol. The summed E-state index contributed by atoms with van der Waals surface area (Å²) in [5.74, 6) is -1.09. The Balaban J connectivity index is 2.23. The van der Waals surface area contributed by atoms with Crippen molar-refractivity contribution < 1.29 is 23.4 Å². The van der Waals surface area contributed by atoms with Gasteiger partial charge in [-0.15, -0.1) is 0 Å². The molecule has 1 saturated heterocycles. The zero-order valence-corrected chi connectivity index (χ0v) is 13.9. The predicted octanol–water partition coefficient (Wildman–Crippen LogP) is 1.39. The van der Waals surface area contributed by atoms with E-state index in [0.29, 0.717) is 31.3 Å².